The van der Waals surface area contributed by atoms with Crippen molar-refractivity contribution in [3.8, 4) is 0 Å². The number of aliphatic imine (C=N–C) groups is 1. The second-order valence-electron chi connectivity index (χ2n) is 4.83. The minimum Gasteiger partial charge on any atom is -0.354 e. The lowest BCUT2D eigenvalue weighted by Gasteiger charge is -2.17. The first-order valence-corrected chi connectivity index (χ1v) is 7.39. The van der Waals surface area contributed by atoms with Gasteiger partial charge in [-0.2, -0.15) is 0 Å². The monoisotopic (exact) mass is 455 g/mol. The molecule has 3 nitrogen and oxygen atoms in total. The van der Waals surface area contributed by atoms with Gasteiger partial charge in [0.15, 0.2) is 5.96 Å². The molecule has 1 aromatic rings. The van der Waals surface area contributed by atoms with Gasteiger partial charge in [0.05, 0.1) is 0 Å². The first-order chi connectivity index (χ1) is 9.17. The maximum Gasteiger partial charge on any atom is 0.191 e. The van der Waals surface area contributed by atoms with Crippen LogP contribution in [0, 0.1) is 5.82 Å². The highest BCUT2D eigenvalue weighted by atomic mass is 127. The van der Waals surface area contributed by atoms with E-state index in [1.807, 2.05) is 6.07 Å². The van der Waals surface area contributed by atoms with Crippen molar-refractivity contribution >= 4 is 45.9 Å². The number of guanidine groups is 1. The van der Waals surface area contributed by atoms with Crippen LogP contribution in [0.1, 0.15) is 31.2 Å². The summed E-state index contributed by atoms with van der Waals surface area (Å²) in [6.07, 6.45) is 4.97. The number of benzene rings is 1. The average Bonchev–Trinajstić information content (AvgIpc) is 2.86. The zero-order chi connectivity index (χ0) is 13.7. The number of nitrogens with one attached hydrogen (secondary N) is 2. The Kier molecular flexibility index (Phi) is 7.79. The number of rotatable bonds is 3. The molecule has 6 heteroatoms. The molecule has 2 N–H and O–H groups in total. The predicted octanol–water partition coefficient (Wildman–Crippen LogP) is 3.81. The van der Waals surface area contributed by atoms with Crippen LogP contribution in [0.25, 0.3) is 0 Å². The van der Waals surface area contributed by atoms with Crippen LogP contribution in [0.15, 0.2) is 27.7 Å². The van der Waals surface area contributed by atoms with Gasteiger partial charge < -0.3 is 10.6 Å². The van der Waals surface area contributed by atoms with E-state index in [-0.39, 0.29) is 29.8 Å². The standard InChI is InChI=1S/C14H19BrFN3.HI/c1-17-14(19-13-4-2-3-5-13)18-9-10-6-11(15)8-12(16)7-10;/h6-8,13H,2-5,9H2,1H3,(H2,17,18,19);1H. The number of hydrogen-bond donors (Lipinski definition) is 2. The molecule has 0 unspecified atom stereocenters. The molecule has 1 aliphatic rings. The number of hydrogen-bond acceptors (Lipinski definition) is 1. The van der Waals surface area contributed by atoms with Crippen molar-refractivity contribution in [3.63, 3.8) is 0 Å². The second kappa shape index (κ2) is 8.81. The molecule has 0 bridgehead atoms. The quantitative estimate of drug-likeness (QED) is 0.413. The Hall–Kier alpha value is -0.370. The third-order valence-electron chi connectivity index (χ3n) is 3.30. The molecule has 0 heterocycles. The first kappa shape index (κ1) is 17.7. The molecule has 0 aromatic heterocycles. The molecular weight excluding hydrogens is 436 g/mol. The summed E-state index contributed by atoms with van der Waals surface area (Å²) in [7, 11) is 1.76. The summed E-state index contributed by atoms with van der Waals surface area (Å²) in [4.78, 5) is 4.20. The molecule has 1 fully saturated rings. The minimum absolute atomic E-state index is 0. The van der Waals surface area contributed by atoms with Crippen molar-refractivity contribution < 1.29 is 4.39 Å². The zero-order valence-electron chi connectivity index (χ0n) is 11.5. The second-order valence-corrected chi connectivity index (χ2v) is 5.74. The van der Waals surface area contributed by atoms with Gasteiger partial charge in [-0.25, -0.2) is 4.39 Å². The minimum atomic E-state index is -0.232. The van der Waals surface area contributed by atoms with E-state index in [9.17, 15) is 4.39 Å². The highest BCUT2D eigenvalue weighted by Gasteiger charge is 2.15. The summed E-state index contributed by atoms with van der Waals surface area (Å²) >= 11 is 3.29. The summed E-state index contributed by atoms with van der Waals surface area (Å²) in [6, 6.07) is 5.40. The highest BCUT2D eigenvalue weighted by molar-refractivity contribution is 14.0. The summed E-state index contributed by atoms with van der Waals surface area (Å²) in [5.41, 5.74) is 0.890. The molecule has 20 heavy (non-hydrogen) atoms. The van der Waals surface area contributed by atoms with E-state index in [2.05, 4.69) is 31.6 Å². The first-order valence-electron chi connectivity index (χ1n) is 6.59. The fourth-order valence-electron chi connectivity index (χ4n) is 2.36. The Morgan fingerprint density at radius 3 is 2.65 bits per heavy atom. The molecule has 1 aliphatic carbocycles. The van der Waals surface area contributed by atoms with Gasteiger partial charge in [0.1, 0.15) is 5.82 Å². The predicted molar refractivity (Wildman–Crippen MR) is 95.1 cm³/mol. The van der Waals surface area contributed by atoms with Crippen molar-refractivity contribution in [2.45, 2.75) is 38.3 Å². The molecule has 0 aliphatic heterocycles. The number of nitrogens with zero attached hydrogens (tertiary/aromatic N) is 1. The van der Waals surface area contributed by atoms with Gasteiger partial charge >= 0.3 is 0 Å². The summed E-state index contributed by atoms with van der Waals surface area (Å²) in [5.74, 6) is 0.553. The lowest BCUT2D eigenvalue weighted by Crippen LogP contribution is -2.41. The van der Waals surface area contributed by atoms with E-state index in [1.54, 1.807) is 7.05 Å². The van der Waals surface area contributed by atoms with Crippen LogP contribution in [0.3, 0.4) is 0 Å². The molecule has 0 spiro atoms. The summed E-state index contributed by atoms with van der Waals surface area (Å²) in [6.45, 7) is 0.558. The van der Waals surface area contributed by atoms with Crippen molar-refractivity contribution in [1.29, 1.82) is 0 Å². The van der Waals surface area contributed by atoms with Gasteiger partial charge in [-0.3, -0.25) is 4.99 Å². The van der Waals surface area contributed by atoms with Crippen LogP contribution in [0.5, 0.6) is 0 Å². The van der Waals surface area contributed by atoms with Crippen LogP contribution in [-0.4, -0.2) is 19.0 Å². The lowest BCUT2D eigenvalue weighted by atomic mass is 10.2. The smallest absolute Gasteiger partial charge is 0.191 e. The fourth-order valence-corrected chi connectivity index (χ4v) is 2.87. The lowest BCUT2D eigenvalue weighted by molar-refractivity contribution is 0.610. The SMILES string of the molecule is CN=C(NCc1cc(F)cc(Br)c1)NC1CCCC1.I. The van der Waals surface area contributed by atoms with Crippen LogP contribution in [0.2, 0.25) is 0 Å². The summed E-state index contributed by atoms with van der Waals surface area (Å²) in [5, 5.41) is 6.62. The zero-order valence-corrected chi connectivity index (χ0v) is 15.4. The van der Waals surface area contributed by atoms with E-state index in [1.165, 1.54) is 37.8 Å². The van der Waals surface area contributed by atoms with E-state index >= 15 is 0 Å². The largest absolute Gasteiger partial charge is 0.354 e. The Bertz CT molecular complexity index is 441. The molecule has 0 atom stereocenters. The van der Waals surface area contributed by atoms with Crippen molar-refractivity contribution in [2.24, 2.45) is 4.99 Å². The van der Waals surface area contributed by atoms with Gasteiger partial charge in [-0.15, -0.1) is 24.0 Å². The molecule has 0 amide bonds. The molecule has 2 rings (SSSR count). The van der Waals surface area contributed by atoms with Gasteiger partial charge in [0, 0.05) is 24.1 Å². The van der Waals surface area contributed by atoms with E-state index in [0.717, 1.165) is 16.0 Å². The van der Waals surface area contributed by atoms with Gasteiger partial charge in [-0.1, -0.05) is 28.8 Å². The topological polar surface area (TPSA) is 36.4 Å². The third-order valence-corrected chi connectivity index (χ3v) is 3.76. The number of halogens is 3. The van der Waals surface area contributed by atoms with Crippen LogP contribution in [0.4, 0.5) is 4.39 Å². The molecule has 1 aromatic carbocycles. The average molecular weight is 456 g/mol. The van der Waals surface area contributed by atoms with E-state index < -0.39 is 0 Å². The third kappa shape index (κ3) is 5.55. The highest BCUT2D eigenvalue weighted by Crippen LogP contribution is 2.17. The van der Waals surface area contributed by atoms with Crippen molar-refractivity contribution in [1.82, 2.24) is 10.6 Å². The van der Waals surface area contributed by atoms with Crippen LogP contribution in [-0.2, 0) is 6.54 Å². The maximum atomic E-state index is 13.3. The fraction of sp³-hybridized carbons (Fsp3) is 0.500. The molecule has 112 valence electrons. The molecule has 0 saturated heterocycles. The Balaban J connectivity index is 0.00000200. The van der Waals surface area contributed by atoms with E-state index in [4.69, 9.17) is 0 Å². The van der Waals surface area contributed by atoms with Crippen LogP contribution < -0.4 is 10.6 Å². The molecule has 1 saturated carbocycles. The molecule has 0 radical (unpaired) electrons. The van der Waals surface area contributed by atoms with Gasteiger partial charge in [-0.05, 0) is 36.6 Å². The van der Waals surface area contributed by atoms with Crippen molar-refractivity contribution in [2.75, 3.05) is 7.05 Å². The van der Waals surface area contributed by atoms with Crippen LogP contribution >= 0.6 is 39.9 Å². The van der Waals surface area contributed by atoms with Crippen molar-refractivity contribution in [3.05, 3.63) is 34.1 Å². The molecular formula is C14H20BrFIN3. The Morgan fingerprint density at radius 1 is 1.35 bits per heavy atom. The summed E-state index contributed by atoms with van der Waals surface area (Å²) < 4.78 is 14.0. The maximum absolute atomic E-state index is 13.3. The Morgan fingerprint density at radius 2 is 2.05 bits per heavy atom. The normalized spacial score (nSPS) is 15.8. The van der Waals surface area contributed by atoms with E-state index in [0.29, 0.717) is 12.6 Å². The Labute approximate surface area is 145 Å². The van der Waals surface area contributed by atoms with Gasteiger partial charge in [0.25, 0.3) is 0 Å². The van der Waals surface area contributed by atoms with Gasteiger partial charge in [0.2, 0.25) is 0 Å².